The lowest BCUT2D eigenvalue weighted by Gasteiger charge is -2.18. The third-order valence-corrected chi connectivity index (χ3v) is 6.70. The topological polar surface area (TPSA) is 125 Å². The Labute approximate surface area is 237 Å². The summed E-state index contributed by atoms with van der Waals surface area (Å²) in [5.41, 5.74) is 6.09. The van der Waals surface area contributed by atoms with Crippen LogP contribution in [0.1, 0.15) is 27.8 Å². The smallest absolute Gasteiger partial charge is 0.323 e. The van der Waals surface area contributed by atoms with Crippen molar-refractivity contribution in [3.8, 4) is 28.7 Å². The van der Waals surface area contributed by atoms with Gasteiger partial charge in [0.15, 0.2) is 0 Å². The molecule has 0 unspecified atom stereocenters. The van der Waals surface area contributed by atoms with Gasteiger partial charge in [-0.1, -0.05) is 41.9 Å². The van der Waals surface area contributed by atoms with Gasteiger partial charge in [0.25, 0.3) is 0 Å². The first-order valence-corrected chi connectivity index (χ1v) is 12.9. The summed E-state index contributed by atoms with van der Waals surface area (Å²) in [5.74, 6) is -0.343. The fourth-order valence-corrected chi connectivity index (χ4v) is 4.39. The first kappa shape index (κ1) is 28.6. The minimum Gasteiger partial charge on any atom is -0.488 e. The highest BCUT2D eigenvalue weighted by molar-refractivity contribution is 6.32. The number of halogens is 1. The maximum atomic E-state index is 11.4. The predicted octanol–water partition coefficient (Wildman–Crippen LogP) is 5.28. The molecular weight excluding hydrogens is 530 g/mol. The van der Waals surface area contributed by atoms with Crippen LogP contribution in [0.5, 0.6) is 11.5 Å². The third kappa shape index (κ3) is 7.16. The number of aliphatic carboxylic acids is 1. The van der Waals surface area contributed by atoms with Crippen molar-refractivity contribution in [1.29, 1.82) is 5.26 Å². The Bertz CT molecular complexity index is 1520. The Morgan fingerprint density at radius 3 is 2.50 bits per heavy atom. The van der Waals surface area contributed by atoms with Crippen LogP contribution in [0.25, 0.3) is 11.1 Å². The molecule has 3 N–H and O–H groups in total. The lowest BCUT2D eigenvalue weighted by molar-refractivity contribution is -0.140. The number of aliphatic hydroxyl groups excluding tert-OH is 1. The number of nitrogens with one attached hydrogen (secondary N) is 1. The van der Waals surface area contributed by atoms with Gasteiger partial charge in [-0.05, 0) is 65.1 Å². The number of rotatable bonds is 12. The first-order valence-electron chi connectivity index (χ1n) is 12.5. The molecule has 0 saturated carbocycles. The van der Waals surface area contributed by atoms with Gasteiger partial charge in [-0.2, -0.15) is 5.26 Å². The quantitative estimate of drug-likeness (QED) is 0.215. The van der Waals surface area contributed by atoms with Crippen LogP contribution in [0.2, 0.25) is 5.02 Å². The van der Waals surface area contributed by atoms with E-state index in [2.05, 4.69) is 16.4 Å². The number of carboxylic acid groups (broad SMARTS) is 1. The number of aromatic nitrogens is 1. The van der Waals surface area contributed by atoms with E-state index in [9.17, 15) is 20.3 Å². The number of hydrogen-bond acceptors (Lipinski definition) is 7. The molecule has 204 valence electrons. The lowest BCUT2D eigenvalue weighted by atomic mass is 9.97. The van der Waals surface area contributed by atoms with Crippen molar-refractivity contribution >= 4 is 17.6 Å². The largest absolute Gasteiger partial charge is 0.488 e. The molecule has 0 saturated heterocycles. The standard InChI is InChI=1S/C31H28ClN3O5/c1-20-24(6-3-7-26(20)23-8-10-34-11-9-23)19-40-30-14-29(39-18-22-5-2-4-21(12-22)15-33)25(13-27(30)32)16-35-28(17-36)31(37)38/h2-14,28,35-36H,16-19H2,1H3,(H,37,38)/t28-/m1/s1. The Hall–Kier alpha value is -4.42. The predicted molar refractivity (Wildman–Crippen MR) is 151 cm³/mol. The highest BCUT2D eigenvalue weighted by Gasteiger charge is 2.18. The second-order valence-electron chi connectivity index (χ2n) is 9.06. The third-order valence-electron chi connectivity index (χ3n) is 6.41. The molecule has 0 aliphatic rings. The van der Waals surface area contributed by atoms with Crippen molar-refractivity contribution in [2.24, 2.45) is 0 Å². The van der Waals surface area contributed by atoms with Gasteiger partial charge < -0.3 is 19.7 Å². The molecule has 3 aromatic carbocycles. The van der Waals surface area contributed by atoms with E-state index >= 15 is 0 Å². The number of aliphatic hydroxyl groups is 1. The SMILES string of the molecule is Cc1c(COc2cc(OCc3cccc(C#N)c3)c(CN[C@H](CO)C(=O)O)cc2Cl)cccc1-c1ccncc1. The summed E-state index contributed by atoms with van der Waals surface area (Å²) in [4.78, 5) is 15.5. The number of hydrogen-bond donors (Lipinski definition) is 3. The molecule has 1 atom stereocenters. The average molecular weight is 558 g/mol. The zero-order valence-corrected chi connectivity index (χ0v) is 22.6. The molecular formula is C31H28ClN3O5. The number of pyridine rings is 1. The van der Waals surface area contributed by atoms with Crippen molar-refractivity contribution in [2.75, 3.05) is 6.61 Å². The molecule has 40 heavy (non-hydrogen) atoms. The van der Waals surface area contributed by atoms with Crippen LogP contribution in [-0.4, -0.2) is 33.8 Å². The molecule has 9 heteroatoms. The van der Waals surface area contributed by atoms with Crippen molar-refractivity contribution in [2.45, 2.75) is 32.7 Å². The Morgan fingerprint density at radius 1 is 1.02 bits per heavy atom. The summed E-state index contributed by atoms with van der Waals surface area (Å²) in [6.45, 7) is 1.97. The number of benzene rings is 3. The van der Waals surface area contributed by atoms with Gasteiger partial charge in [0.2, 0.25) is 0 Å². The van der Waals surface area contributed by atoms with Gasteiger partial charge in [0.1, 0.15) is 30.8 Å². The second-order valence-corrected chi connectivity index (χ2v) is 9.47. The summed E-state index contributed by atoms with van der Waals surface area (Å²) in [7, 11) is 0. The molecule has 1 heterocycles. The fourth-order valence-electron chi connectivity index (χ4n) is 4.15. The van der Waals surface area contributed by atoms with Gasteiger partial charge >= 0.3 is 5.97 Å². The maximum Gasteiger partial charge on any atom is 0.323 e. The van der Waals surface area contributed by atoms with E-state index in [1.807, 2.05) is 43.3 Å². The summed E-state index contributed by atoms with van der Waals surface area (Å²) < 4.78 is 12.2. The van der Waals surface area contributed by atoms with E-state index in [4.69, 9.17) is 21.1 Å². The van der Waals surface area contributed by atoms with Crippen LogP contribution in [0.15, 0.2) is 79.1 Å². The van der Waals surface area contributed by atoms with Crippen molar-refractivity contribution in [3.63, 3.8) is 0 Å². The van der Waals surface area contributed by atoms with Crippen LogP contribution < -0.4 is 14.8 Å². The molecule has 4 rings (SSSR count). The molecule has 0 radical (unpaired) electrons. The average Bonchev–Trinajstić information content (AvgIpc) is 2.97. The van der Waals surface area contributed by atoms with Crippen LogP contribution in [0.3, 0.4) is 0 Å². The first-order chi connectivity index (χ1) is 19.4. The molecule has 0 amide bonds. The van der Waals surface area contributed by atoms with E-state index in [-0.39, 0.29) is 19.8 Å². The van der Waals surface area contributed by atoms with E-state index in [1.54, 1.807) is 42.7 Å². The lowest BCUT2D eigenvalue weighted by Crippen LogP contribution is -2.39. The van der Waals surface area contributed by atoms with Crippen LogP contribution >= 0.6 is 11.6 Å². The highest BCUT2D eigenvalue weighted by Crippen LogP contribution is 2.35. The van der Waals surface area contributed by atoms with E-state index in [1.165, 1.54) is 0 Å². The highest BCUT2D eigenvalue weighted by atomic mass is 35.5. The minimum atomic E-state index is -1.17. The molecule has 1 aromatic heterocycles. The maximum absolute atomic E-state index is 11.4. The van der Waals surface area contributed by atoms with Crippen LogP contribution in [-0.2, 0) is 24.6 Å². The van der Waals surface area contributed by atoms with Crippen LogP contribution in [0.4, 0.5) is 0 Å². The number of carboxylic acids is 1. The Morgan fingerprint density at radius 2 is 1.77 bits per heavy atom. The zero-order chi connectivity index (χ0) is 28.5. The zero-order valence-electron chi connectivity index (χ0n) is 21.8. The number of carbonyl (C=O) groups is 1. The van der Waals surface area contributed by atoms with Crippen molar-refractivity contribution < 1.29 is 24.5 Å². The number of nitriles is 1. The van der Waals surface area contributed by atoms with Gasteiger partial charge in [-0.3, -0.25) is 15.1 Å². The summed E-state index contributed by atoms with van der Waals surface area (Å²) in [5, 5.41) is 31.0. The van der Waals surface area contributed by atoms with E-state index in [0.29, 0.717) is 27.6 Å². The summed E-state index contributed by atoms with van der Waals surface area (Å²) in [6.07, 6.45) is 3.51. The van der Waals surface area contributed by atoms with Gasteiger partial charge in [0.05, 0.1) is 23.3 Å². The van der Waals surface area contributed by atoms with Crippen molar-refractivity contribution in [1.82, 2.24) is 10.3 Å². The fraction of sp³-hybridized carbons (Fsp3) is 0.194. The Balaban J connectivity index is 1.58. The van der Waals surface area contributed by atoms with E-state index in [0.717, 1.165) is 27.8 Å². The summed E-state index contributed by atoms with van der Waals surface area (Å²) >= 11 is 6.59. The molecule has 0 bridgehead atoms. The molecule has 0 fully saturated rings. The minimum absolute atomic E-state index is 0.0815. The van der Waals surface area contributed by atoms with Crippen molar-refractivity contribution in [3.05, 3.63) is 112 Å². The molecule has 0 aliphatic heterocycles. The molecule has 8 nitrogen and oxygen atoms in total. The van der Waals surface area contributed by atoms with Crippen LogP contribution in [0, 0.1) is 18.3 Å². The molecule has 0 aliphatic carbocycles. The van der Waals surface area contributed by atoms with Gasteiger partial charge in [0, 0.05) is 30.6 Å². The Kier molecular flexibility index (Phi) is 9.71. The molecule has 0 spiro atoms. The molecule has 4 aromatic rings. The van der Waals surface area contributed by atoms with Gasteiger partial charge in [-0.25, -0.2) is 0 Å². The summed E-state index contributed by atoms with van der Waals surface area (Å²) in [6, 6.07) is 21.3. The second kappa shape index (κ2) is 13.6. The monoisotopic (exact) mass is 557 g/mol. The number of nitrogens with zero attached hydrogens (tertiary/aromatic N) is 2. The number of ether oxygens (including phenoxy) is 2. The van der Waals surface area contributed by atoms with Gasteiger partial charge in [-0.15, -0.1) is 0 Å². The van der Waals surface area contributed by atoms with E-state index < -0.39 is 18.6 Å². The normalized spacial score (nSPS) is 11.4.